The molecular weight excluding hydrogens is 266 g/mol. The van der Waals surface area contributed by atoms with Gasteiger partial charge in [0.25, 0.3) is 5.91 Å². The first-order chi connectivity index (χ1) is 9.47. The molecule has 8 nitrogen and oxygen atoms in total. The van der Waals surface area contributed by atoms with E-state index in [2.05, 4.69) is 15.3 Å². The van der Waals surface area contributed by atoms with Crippen LogP contribution in [0.25, 0.3) is 11.0 Å². The van der Waals surface area contributed by atoms with Crippen LogP contribution in [0, 0.1) is 0 Å². The molecule has 0 aliphatic rings. The second-order valence-electron chi connectivity index (χ2n) is 4.10. The lowest BCUT2D eigenvalue weighted by molar-refractivity contribution is -0.145. The summed E-state index contributed by atoms with van der Waals surface area (Å²) in [4.78, 5) is 40.1. The van der Waals surface area contributed by atoms with Gasteiger partial charge in [0.05, 0.1) is 23.8 Å². The Hall–Kier alpha value is -2.90. The number of nitrogens with one attached hydrogen (secondary N) is 2. The summed E-state index contributed by atoms with van der Waals surface area (Å²) in [6.07, 6.45) is 0.782. The number of amides is 1. The van der Waals surface area contributed by atoms with Crippen molar-refractivity contribution in [3.8, 4) is 0 Å². The number of benzene rings is 1. The molecule has 4 N–H and O–H groups in total. The van der Waals surface area contributed by atoms with E-state index >= 15 is 0 Å². The summed E-state index contributed by atoms with van der Waals surface area (Å²) in [5.74, 6) is -3.36. The summed E-state index contributed by atoms with van der Waals surface area (Å²) >= 11 is 0. The van der Waals surface area contributed by atoms with Crippen LogP contribution < -0.4 is 5.32 Å². The van der Waals surface area contributed by atoms with E-state index in [1.165, 1.54) is 18.5 Å². The molecule has 0 radical (unpaired) electrons. The van der Waals surface area contributed by atoms with Gasteiger partial charge in [-0.05, 0) is 18.2 Å². The number of aromatic amines is 1. The van der Waals surface area contributed by atoms with E-state index in [0.717, 1.165) is 0 Å². The Morgan fingerprint density at radius 3 is 2.70 bits per heavy atom. The minimum absolute atomic E-state index is 0.221. The molecule has 1 atom stereocenters. The largest absolute Gasteiger partial charge is 0.481 e. The summed E-state index contributed by atoms with van der Waals surface area (Å²) < 4.78 is 0. The van der Waals surface area contributed by atoms with Gasteiger partial charge in [-0.25, -0.2) is 9.78 Å². The molecule has 0 saturated carbocycles. The molecule has 0 spiro atoms. The SMILES string of the molecule is O=C(O)C[C@H](NC(=O)c1ccc2nc[nH]c2c1)C(=O)O. The fourth-order valence-corrected chi connectivity index (χ4v) is 1.69. The third-order valence-electron chi connectivity index (χ3n) is 2.66. The number of carboxylic acid groups (broad SMARTS) is 2. The highest BCUT2D eigenvalue weighted by Crippen LogP contribution is 2.11. The number of aromatic nitrogens is 2. The third kappa shape index (κ3) is 2.91. The van der Waals surface area contributed by atoms with Crippen LogP contribution in [0.5, 0.6) is 0 Å². The molecule has 0 aliphatic heterocycles. The van der Waals surface area contributed by atoms with Gasteiger partial charge < -0.3 is 20.5 Å². The number of fused-ring (bicyclic) bond motifs is 1. The second-order valence-corrected chi connectivity index (χ2v) is 4.10. The molecule has 0 bridgehead atoms. The summed E-state index contributed by atoms with van der Waals surface area (Å²) in [7, 11) is 0. The normalized spacial score (nSPS) is 12.0. The first kappa shape index (κ1) is 13.5. The van der Waals surface area contributed by atoms with Crippen LogP contribution in [0.4, 0.5) is 0 Å². The van der Waals surface area contributed by atoms with Gasteiger partial charge in [-0.15, -0.1) is 0 Å². The standard InChI is InChI=1S/C12H11N3O5/c16-10(17)4-9(12(19)20)15-11(18)6-1-2-7-8(3-6)14-5-13-7/h1-3,5,9H,4H2,(H,13,14)(H,15,18)(H,16,17)(H,19,20)/t9-/m0/s1. The molecule has 8 heteroatoms. The van der Waals surface area contributed by atoms with Crippen molar-refractivity contribution in [3.63, 3.8) is 0 Å². The Labute approximate surface area is 112 Å². The number of imidazole rings is 1. The molecule has 104 valence electrons. The number of nitrogens with zero attached hydrogens (tertiary/aromatic N) is 1. The topological polar surface area (TPSA) is 132 Å². The smallest absolute Gasteiger partial charge is 0.326 e. The lowest BCUT2D eigenvalue weighted by Crippen LogP contribution is -2.42. The van der Waals surface area contributed by atoms with Crippen LogP contribution in [0.3, 0.4) is 0 Å². The molecule has 1 aromatic heterocycles. The molecule has 2 rings (SSSR count). The van der Waals surface area contributed by atoms with Crippen molar-refractivity contribution < 1.29 is 24.6 Å². The van der Waals surface area contributed by atoms with Crippen LogP contribution in [0.1, 0.15) is 16.8 Å². The zero-order valence-corrected chi connectivity index (χ0v) is 10.2. The molecule has 1 aromatic carbocycles. The number of hydrogen-bond acceptors (Lipinski definition) is 4. The van der Waals surface area contributed by atoms with Gasteiger partial charge in [-0.1, -0.05) is 0 Å². The Kier molecular flexibility index (Phi) is 3.65. The van der Waals surface area contributed by atoms with Crippen molar-refractivity contribution in [2.24, 2.45) is 0 Å². The lowest BCUT2D eigenvalue weighted by Gasteiger charge is -2.12. The molecular formula is C12H11N3O5. The fraction of sp³-hybridized carbons (Fsp3) is 0.167. The molecule has 20 heavy (non-hydrogen) atoms. The van der Waals surface area contributed by atoms with E-state index in [0.29, 0.717) is 11.0 Å². The molecule has 0 saturated heterocycles. The summed E-state index contributed by atoms with van der Waals surface area (Å²) in [6.45, 7) is 0. The zero-order valence-electron chi connectivity index (χ0n) is 10.2. The Morgan fingerprint density at radius 2 is 2.05 bits per heavy atom. The van der Waals surface area contributed by atoms with Gasteiger partial charge in [0.1, 0.15) is 6.04 Å². The van der Waals surface area contributed by atoms with E-state index in [1.807, 2.05) is 0 Å². The monoisotopic (exact) mass is 277 g/mol. The molecule has 0 unspecified atom stereocenters. The number of carbonyl (C=O) groups is 3. The Bertz CT molecular complexity index is 679. The van der Waals surface area contributed by atoms with E-state index in [-0.39, 0.29) is 5.56 Å². The number of aliphatic carboxylic acids is 2. The maximum Gasteiger partial charge on any atom is 0.326 e. The van der Waals surface area contributed by atoms with Gasteiger partial charge in [-0.3, -0.25) is 9.59 Å². The highest BCUT2D eigenvalue weighted by atomic mass is 16.4. The van der Waals surface area contributed by atoms with Gasteiger partial charge in [0.2, 0.25) is 0 Å². The minimum atomic E-state index is -1.47. The fourth-order valence-electron chi connectivity index (χ4n) is 1.69. The number of rotatable bonds is 5. The highest BCUT2D eigenvalue weighted by molar-refractivity contribution is 5.99. The van der Waals surface area contributed by atoms with Gasteiger partial charge in [0, 0.05) is 5.56 Å². The quantitative estimate of drug-likeness (QED) is 0.618. The number of carboxylic acids is 2. The van der Waals surface area contributed by atoms with Crippen molar-refractivity contribution in [3.05, 3.63) is 30.1 Å². The Balaban J connectivity index is 2.17. The van der Waals surface area contributed by atoms with Crippen molar-refractivity contribution in [2.75, 3.05) is 0 Å². The van der Waals surface area contributed by atoms with E-state index in [9.17, 15) is 14.4 Å². The van der Waals surface area contributed by atoms with Gasteiger partial charge in [-0.2, -0.15) is 0 Å². The van der Waals surface area contributed by atoms with Crippen molar-refractivity contribution >= 4 is 28.9 Å². The molecule has 2 aromatic rings. The number of hydrogen-bond donors (Lipinski definition) is 4. The first-order valence-corrected chi connectivity index (χ1v) is 5.66. The average Bonchev–Trinajstić information content (AvgIpc) is 2.84. The summed E-state index contributed by atoms with van der Waals surface area (Å²) in [5.41, 5.74) is 1.52. The first-order valence-electron chi connectivity index (χ1n) is 5.66. The van der Waals surface area contributed by atoms with E-state index in [4.69, 9.17) is 10.2 Å². The van der Waals surface area contributed by atoms with E-state index < -0.39 is 30.3 Å². The number of H-pyrrole nitrogens is 1. The van der Waals surface area contributed by atoms with Gasteiger partial charge >= 0.3 is 11.9 Å². The Morgan fingerprint density at radius 1 is 1.30 bits per heavy atom. The van der Waals surface area contributed by atoms with Crippen molar-refractivity contribution in [1.82, 2.24) is 15.3 Å². The van der Waals surface area contributed by atoms with E-state index in [1.54, 1.807) is 6.07 Å². The third-order valence-corrected chi connectivity index (χ3v) is 2.66. The van der Waals surface area contributed by atoms with Crippen molar-refractivity contribution in [2.45, 2.75) is 12.5 Å². The minimum Gasteiger partial charge on any atom is -0.481 e. The van der Waals surface area contributed by atoms with Crippen LogP contribution in [0.15, 0.2) is 24.5 Å². The highest BCUT2D eigenvalue weighted by Gasteiger charge is 2.23. The summed E-state index contributed by atoms with van der Waals surface area (Å²) in [5, 5.41) is 19.6. The molecule has 0 aliphatic carbocycles. The second kappa shape index (κ2) is 5.39. The predicted octanol–water partition coefficient (Wildman–Crippen LogP) is 0.221. The van der Waals surface area contributed by atoms with Crippen LogP contribution in [0.2, 0.25) is 0 Å². The van der Waals surface area contributed by atoms with Crippen LogP contribution in [-0.2, 0) is 9.59 Å². The van der Waals surface area contributed by atoms with Crippen LogP contribution in [-0.4, -0.2) is 44.1 Å². The lowest BCUT2D eigenvalue weighted by atomic mass is 10.1. The summed E-state index contributed by atoms with van der Waals surface area (Å²) in [6, 6.07) is 3.13. The average molecular weight is 277 g/mol. The molecule has 0 fully saturated rings. The maximum absolute atomic E-state index is 11.9. The molecule has 1 amide bonds. The maximum atomic E-state index is 11.9. The zero-order chi connectivity index (χ0) is 14.7. The van der Waals surface area contributed by atoms with Crippen molar-refractivity contribution in [1.29, 1.82) is 0 Å². The number of carbonyl (C=O) groups excluding carboxylic acids is 1. The van der Waals surface area contributed by atoms with Gasteiger partial charge in [0.15, 0.2) is 0 Å². The van der Waals surface area contributed by atoms with Crippen LogP contribution >= 0.6 is 0 Å². The predicted molar refractivity (Wildman–Crippen MR) is 67.2 cm³/mol. The molecule has 1 heterocycles.